The van der Waals surface area contributed by atoms with Gasteiger partial charge in [-0.15, -0.1) is 0 Å². The van der Waals surface area contributed by atoms with E-state index in [1.807, 2.05) is 24.3 Å². The molecule has 0 saturated heterocycles. The van der Waals surface area contributed by atoms with Crippen molar-refractivity contribution in [3.63, 3.8) is 0 Å². The number of hydrogen-bond donors (Lipinski definition) is 2. The number of carbonyl (C=O) groups excluding carboxylic acids is 1. The summed E-state index contributed by atoms with van der Waals surface area (Å²) in [4.78, 5) is 15.3. The van der Waals surface area contributed by atoms with Crippen molar-refractivity contribution in [3.05, 3.63) is 48.2 Å². The molecule has 4 rings (SSSR count). The van der Waals surface area contributed by atoms with Crippen molar-refractivity contribution in [1.29, 1.82) is 0 Å². The summed E-state index contributed by atoms with van der Waals surface area (Å²) in [5, 5.41) is 5.23. The highest BCUT2D eigenvalue weighted by atomic mass is 16.2. The Hall–Kier alpha value is -2.36. The summed E-state index contributed by atoms with van der Waals surface area (Å²) in [7, 11) is 0. The van der Waals surface area contributed by atoms with Gasteiger partial charge in [-0.1, -0.05) is 30.4 Å². The van der Waals surface area contributed by atoms with Gasteiger partial charge >= 0.3 is 0 Å². The summed E-state index contributed by atoms with van der Waals surface area (Å²) < 4.78 is 0. The number of H-pyrrole nitrogens is 1. The average molecular weight is 265 g/mol. The third-order valence-corrected chi connectivity index (χ3v) is 4.30. The molecule has 2 aliphatic rings. The van der Waals surface area contributed by atoms with Crippen molar-refractivity contribution in [2.24, 2.45) is 16.9 Å². The molecule has 0 spiro atoms. The lowest BCUT2D eigenvalue weighted by Crippen LogP contribution is -2.35. The molecule has 2 aromatic rings. The number of carbonyl (C=O) groups is 1. The molecule has 4 heteroatoms. The molecule has 2 aliphatic carbocycles. The maximum atomic E-state index is 12.2. The summed E-state index contributed by atoms with van der Waals surface area (Å²) >= 11 is 0. The molecule has 0 unspecified atom stereocenters. The molecule has 2 atom stereocenters. The highest BCUT2D eigenvalue weighted by Gasteiger charge is 2.38. The molecule has 1 aromatic heterocycles. The van der Waals surface area contributed by atoms with Crippen LogP contribution < -0.4 is 5.43 Å². The Kier molecular flexibility index (Phi) is 2.49. The molecule has 4 nitrogen and oxygen atoms in total. The lowest BCUT2D eigenvalue weighted by atomic mass is 9.74. The van der Waals surface area contributed by atoms with Crippen molar-refractivity contribution in [3.8, 4) is 0 Å². The maximum Gasteiger partial charge on any atom is 0.273 e. The Labute approximate surface area is 116 Å². The van der Waals surface area contributed by atoms with Gasteiger partial charge in [0.2, 0.25) is 0 Å². The van der Waals surface area contributed by atoms with Gasteiger partial charge in [-0.3, -0.25) is 4.79 Å². The van der Waals surface area contributed by atoms with E-state index in [4.69, 9.17) is 0 Å². The average Bonchev–Trinajstić information content (AvgIpc) is 3.03. The molecule has 0 aliphatic heterocycles. The number of fused-ring (bicyclic) bond motifs is 2. The van der Waals surface area contributed by atoms with Crippen LogP contribution in [0.5, 0.6) is 0 Å². The van der Waals surface area contributed by atoms with Crippen LogP contribution in [0.25, 0.3) is 10.9 Å². The molecule has 2 N–H and O–H groups in total. The smallest absolute Gasteiger partial charge is 0.273 e. The maximum absolute atomic E-state index is 12.2. The summed E-state index contributed by atoms with van der Waals surface area (Å²) in [6.07, 6.45) is 8.24. The summed E-state index contributed by atoms with van der Waals surface area (Å²) in [5.41, 5.74) is 5.42. The number of nitrogens with zero attached hydrogens (tertiary/aromatic N) is 1. The quantitative estimate of drug-likeness (QED) is 0.636. The van der Waals surface area contributed by atoms with Gasteiger partial charge in [0.25, 0.3) is 5.91 Å². The van der Waals surface area contributed by atoms with Crippen LogP contribution in [0, 0.1) is 11.8 Å². The van der Waals surface area contributed by atoms with Crippen molar-refractivity contribution in [1.82, 2.24) is 10.4 Å². The molecule has 1 fully saturated rings. The monoisotopic (exact) mass is 265 g/mol. The number of benzene rings is 1. The van der Waals surface area contributed by atoms with E-state index in [1.54, 1.807) is 6.20 Å². The third kappa shape index (κ3) is 1.68. The highest BCUT2D eigenvalue weighted by molar-refractivity contribution is 6.07. The van der Waals surface area contributed by atoms with E-state index >= 15 is 0 Å². The zero-order valence-corrected chi connectivity index (χ0v) is 11.0. The molecule has 20 heavy (non-hydrogen) atoms. The van der Waals surface area contributed by atoms with E-state index in [9.17, 15) is 4.79 Å². The first kappa shape index (κ1) is 11.5. The van der Waals surface area contributed by atoms with E-state index in [0.29, 0.717) is 17.4 Å². The van der Waals surface area contributed by atoms with Gasteiger partial charge in [0, 0.05) is 28.7 Å². The zero-order valence-electron chi connectivity index (χ0n) is 11.0. The van der Waals surface area contributed by atoms with Crippen molar-refractivity contribution in [2.45, 2.75) is 12.8 Å². The number of aromatic nitrogens is 1. The van der Waals surface area contributed by atoms with Crippen LogP contribution in [0.2, 0.25) is 0 Å². The second-order valence-corrected chi connectivity index (χ2v) is 5.43. The van der Waals surface area contributed by atoms with Crippen molar-refractivity contribution in [2.75, 3.05) is 0 Å². The zero-order chi connectivity index (χ0) is 13.5. The van der Waals surface area contributed by atoms with E-state index in [1.165, 1.54) is 0 Å². The number of aromatic amines is 1. The number of hydrogen-bond acceptors (Lipinski definition) is 2. The highest BCUT2D eigenvalue weighted by Crippen LogP contribution is 2.40. The summed E-state index contributed by atoms with van der Waals surface area (Å²) in [6, 6.07) is 7.77. The van der Waals surface area contributed by atoms with Crippen molar-refractivity contribution >= 4 is 22.5 Å². The van der Waals surface area contributed by atoms with Gasteiger partial charge in [0.1, 0.15) is 0 Å². The number of rotatable bonds is 2. The lowest BCUT2D eigenvalue weighted by Gasteiger charge is -2.31. The van der Waals surface area contributed by atoms with Crippen LogP contribution in [-0.2, 0) is 0 Å². The Bertz CT molecular complexity index is 741. The SMILES string of the molecule is O=C(NN=C1C[C@H]2C=CC[C@H]12)c1c[nH]c2ccccc12. The molecule has 0 bridgehead atoms. The topological polar surface area (TPSA) is 57.2 Å². The third-order valence-electron chi connectivity index (χ3n) is 4.30. The predicted molar refractivity (Wildman–Crippen MR) is 78.6 cm³/mol. The van der Waals surface area contributed by atoms with E-state index in [-0.39, 0.29) is 5.91 Å². The molecular formula is C16H15N3O. The van der Waals surface area contributed by atoms with Gasteiger partial charge in [-0.05, 0) is 24.8 Å². The molecule has 1 saturated carbocycles. The fourth-order valence-corrected chi connectivity index (χ4v) is 3.11. The van der Waals surface area contributed by atoms with Crippen LogP contribution >= 0.6 is 0 Å². The Morgan fingerprint density at radius 1 is 1.35 bits per heavy atom. The standard InChI is InChI=1S/C16H15N3O/c20-16(13-9-17-14-7-2-1-5-12(13)14)19-18-15-8-10-4-3-6-11(10)15/h1-5,7,9-11,17H,6,8H2,(H,19,20)/t10-,11+/m1/s1. The van der Waals surface area contributed by atoms with Gasteiger partial charge in [0.05, 0.1) is 5.56 Å². The van der Waals surface area contributed by atoms with Crippen LogP contribution in [0.15, 0.2) is 47.7 Å². The molecule has 1 amide bonds. The largest absolute Gasteiger partial charge is 0.360 e. The van der Waals surface area contributed by atoms with Crippen LogP contribution in [0.1, 0.15) is 23.2 Å². The number of para-hydroxylation sites is 1. The Morgan fingerprint density at radius 3 is 3.15 bits per heavy atom. The van der Waals surface area contributed by atoms with Crippen LogP contribution in [0.3, 0.4) is 0 Å². The van der Waals surface area contributed by atoms with Gasteiger partial charge in [-0.25, -0.2) is 5.43 Å². The number of amides is 1. The van der Waals surface area contributed by atoms with Gasteiger partial charge in [-0.2, -0.15) is 5.10 Å². The first-order valence-corrected chi connectivity index (χ1v) is 6.92. The number of nitrogens with one attached hydrogen (secondary N) is 2. The first-order chi connectivity index (χ1) is 9.83. The van der Waals surface area contributed by atoms with Gasteiger partial charge < -0.3 is 4.98 Å². The van der Waals surface area contributed by atoms with Gasteiger partial charge in [0.15, 0.2) is 0 Å². The molecule has 0 radical (unpaired) electrons. The van der Waals surface area contributed by atoms with Crippen LogP contribution in [-0.4, -0.2) is 16.6 Å². The number of allylic oxidation sites excluding steroid dienone is 2. The predicted octanol–water partition coefficient (Wildman–Crippen LogP) is 2.85. The minimum absolute atomic E-state index is 0.149. The van der Waals surface area contributed by atoms with Crippen molar-refractivity contribution < 1.29 is 4.79 Å². The fraction of sp³-hybridized carbons (Fsp3) is 0.250. The van der Waals surface area contributed by atoms with E-state index in [0.717, 1.165) is 29.5 Å². The molecule has 1 heterocycles. The molecular weight excluding hydrogens is 250 g/mol. The fourth-order valence-electron chi connectivity index (χ4n) is 3.11. The Balaban J connectivity index is 1.52. The van der Waals surface area contributed by atoms with E-state index < -0.39 is 0 Å². The van der Waals surface area contributed by atoms with Crippen LogP contribution in [0.4, 0.5) is 0 Å². The minimum atomic E-state index is -0.149. The summed E-state index contributed by atoms with van der Waals surface area (Å²) in [5.74, 6) is 1.03. The molecule has 100 valence electrons. The minimum Gasteiger partial charge on any atom is -0.360 e. The Morgan fingerprint density at radius 2 is 2.25 bits per heavy atom. The first-order valence-electron chi connectivity index (χ1n) is 6.92. The number of hydrazone groups is 1. The normalized spacial score (nSPS) is 25.7. The molecule has 1 aromatic carbocycles. The summed E-state index contributed by atoms with van der Waals surface area (Å²) in [6.45, 7) is 0. The lowest BCUT2D eigenvalue weighted by molar-refractivity contribution is 0.0955. The van der Waals surface area contributed by atoms with E-state index in [2.05, 4.69) is 27.7 Å². The second-order valence-electron chi connectivity index (χ2n) is 5.43. The second kappa shape index (κ2) is 4.34.